The number of hydrogen-bond donors (Lipinski definition) is 2. The van der Waals surface area contributed by atoms with Gasteiger partial charge < -0.3 is 20.1 Å². The molecule has 2 N–H and O–H groups in total. The number of hydrogen-bond acceptors (Lipinski definition) is 3. The van der Waals surface area contributed by atoms with E-state index in [1.54, 1.807) is 13.0 Å². The zero-order valence-corrected chi connectivity index (χ0v) is 13.4. The topological polar surface area (TPSA) is 59.6 Å². The van der Waals surface area contributed by atoms with Gasteiger partial charge in [0.25, 0.3) is 0 Å². The van der Waals surface area contributed by atoms with Crippen molar-refractivity contribution in [2.45, 2.75) is 32.1 Å². The number of benzene rings is 1. The Bertz CT molecular complexity index is 536. The summed E-state index contributed by atoms with van der Waals surface area (Å²) in [6.07, 6.45) is 0.562. The number of halogens is 2. The molecule has 0 saturated carbocycles. The Morgan fingerprint density at radius 1 is 1.45 bits per heavy atom. The lowest BCUT2D eigenvalue weighted by Gasteiger charge is -2.22. The number of carbonyl (C=O) groups excluding carboxylic acids is 1. The van der Waals surface area contributed by atoms with Crippen LogP contribution in [0.15, 0.2) is 18.2 Å². The smallest absolute Gasteiger partial charge is 0.315 e. The third-order valence-electron chi connectivity index (χ3n) is 3.54. The number of rotatable bonds is 5. The van der Waals surface area contributed by atoms with Crippen molar-refractivity contribution in [1.29, 1.82) is 0 Å². The first kappa shape index (κ1) is 17.0. The molecule has 1 saturated heterocycles. The summed E-state index contributed by atoms with van der Waals surface area (Å²) in [5, 5.41) is 5.78. The molecule has 0 aromatic heterocycles. The van der Waals surface area contributed by atoms with E-state index < -0.39 is 11.6 Å². The number of carbonyl (C=O) groups is 1. The molecule has 1 aromatic carbocycles. The minimum atomic E-state index is -0.626. The van der Waals surface area contributed by atoms with Crippen LogP contribution in [0.25, 0.3) is 0 Å². The average Bonchev–Trinajstić information content (AvgIpc) is 2.85. The first-order chi connectivity index (χ1) is 10.4. The Kier molecular flexibility index (Phi) is 5.61. The second-order valence-corrected chi connectivity index (χ2v) is 5.78. The quantitative estimate of drug-likeness (QED) is 0.872. The van der Waals surface area contributed by atoms with Crippen LogP contribution < -0.4 is 10.6 Å². The number of urea groups is 1. The van der Waals surface area contributed by atoms with E-state index in [1.165, 1.54) is 12.1 Å². The number of nitrogens with one attached hydrogen (secondary N) is 2. The molecule has 5 nitrogen and oxygen atoms in total. The summed E-state index contributed by atoms with van der Waals surface area (Å²) in [6, 6.07) is 3.44. The van der Waals surface area contributed by atoms with Gasteiger partial charge in [-0.1, -0.05) is 17.7 Å². The summed E-state index contributed by atoms with van der Waals surface area (Å²) in [4.78, 5) is 11.9. The van der Waals surface area contributed by atoms with Gasteiger partial charge in [-0.15, -0.1) is 0 Å². The number of amides is 2. The van der Waals surface area contributed by atoms with Gasteiger partial charge in [0.05, 0.1) is 19.3 Å². The highest BCUT2D eigenvalue weighted by Crippen LogP contribution is 2.24. The molecule has 7 heteroatoms. The van der Waals surface area contributed by atoms with Crippen LogP contribution in [0.1, 0.15) is 31.9 Å². The van der Waals surface area contributed by atoms with Gasteiger partial charge in [-0.05, 0) is 31.5 Å². The highest BCUT2D eigenvalue weighted by Gasteiger charge is 2.30. The summed E-state index contributed by atoms with van der Waals surface area (Å²) in [6.45, 7) is 5.20. The van der Waals surface area contributed by atoms with E-state index in [4.69, 9.17) is 21.1 Å². The predicted octanol–water partition coefficient (Wildman–Crippen LogP) is 2.99. The molecule has 22 heavy (non-hydrogen) atoms. The van der Waals surface area contributed by atoms with Gasteiger partial charge in [-0.3, -0.25) is 0 Å². The third-order valence-corrected chi connectivity index (χ3v) is 3.87. The van der Waals surface area contributed by atoms with E-state index in [9.17, 15) is 9.18 Å². The molecular weight excluding hydrogens is 311 g/mol. The van der Waals surface area contributed by atoms with E-state index in [0.717, 1.165) is 0 Å². The molecule has 2 rings (SSSR count). The average molecular weight is 331 g/mol. The van der Waals surface area contributed by atoms with Crippen LogP contribution in [0.5, 0.6) is 0 Å². The Morgan fingerprint density at radius 2 is 2.14 bits per heavy atom. The van der Waals surface area contributed by atoms with Crippen LogP contribution in [0.2, 0.25) is 5.02 Å². The van der Waals surface area contributed by atoms with Crippen molar-refractivity contribution in [2.75, 3.05) is 19.8 Å². The van der Waals surface area contributed by atoms with Crippen molar-refractivity contribution in [1.82, 2.24) is 10.6 Å². The molecule has 0 radical (unpaired) electrons. The Labute approximate surface area is 134 Å². The van der Waals surface area contributed by atoms with E-state index in [0.29, 0.717) is 31.7 Å². The largest absolute Gasteiger partial charge is 0.348 e. The molecule has 1 aliphatic heterocycles. The molecule has 0 spiro atoms. The van der Waals surface area contributed by atoms with E-state index in [1.807, 2.05) is 6.92 Å². The van der Waals surface area contributed by atoms with Gasteiger partial charge in [0.2, 0.25) is 0 Å². The Morgan fingerprint density at radius 3 is 2.77 bits per heavy atom. The second kappa shape index (κ2) is 7.26. The zero-order chi connectivity index (χ0) is 16.2. The molecule has 122 valence electrons. The van der Waals surface area contributed by atoms with Gasteiger partial charge in [0.1, 0.15) is 5.82 Å². The Balaban J connectivity index is 1.78. The maximum Gasteiger partial charge on any atom is 0.315 e. The highest BCUT2D eigenvalue weighted by molar-refractivity contribution is 6.31. The molecular formula is C15H20ClFN2O3. The SMILES string of the molecule is C[C@@H](NC(=O)NCCC1(C)OCCO1)c1ccc(F)cc1Cl. The monoisotopic (exact) mass is 330 g/mol. The molecule has 0 unspecified atom stereocenters. The molecule has 1 aromatic rings. The summed E-state index contributed by atoms with van der Waals surface area (Å²) >= 11 is 5.97. The summed E-state index contributed by atoms with van der Waals surface area (Å²) < 4.78 is 23.9. The van der Waals surface area contributed by atoms with Crippen LogP contribution >= 0.6 is 11.6 Å². The van der Waals surface area contributed by atoms with Gasteiger partial charge >= 0.3 is 6.03 Å². The van der Waals surface area contributed by atoms with E-state index >= 15 is 0 Å². The molecule has 1 aliphatic rings. The lowest BCUT2D eigenvalue weighted by Crippen LogP contribution is -2.40. The van der Waals surface area contributed by atoms with Crippen molar-refractivity contribution in [2.24, 2.45) is 0 Å². The van der Waals surface area contributed by atoms with Crippen molar-refractivity contribution >= 4 is 17.6 Å². The van der Waals surface area contributed by atoms with Crippen LogP contribution in [0, 0.1) is 5.82 Å². The lowest BCUT2D eigenvalue weighted by atomic mass is 10.1. The van der Waals surface area contributed by atoms with Gasteiger partial charge in [-0.25, -0.2) is 9.18 Å². The molecule has 0 aliphatic carbocycles. The fraction of sp³-hybridized carbons (Fsp3) is 0.533. The molecule has 1 heterocycles. The van der Waals surface area contributed by atoms with Crippen LogP contribution in [0.4, 0.5) is 9.18 Å². The van der Waals surface area contributed by atoms with Gasteiger partial charge in [0, 0.05) is 18.0 Å². The first-order valence-electron chi connectivity index (χ1n) is 7.17. The Hall–Kier alpha value is -1.37. The highest BCUT2D eigenvalue weighted by atomic mass is 35.5. The lowest BCUT2D eigenvalue weighted by molar-refractivity contribution is -0.145. The van der Waals surface area contributed by atoms with Crippen molar-refractivity contribution in [3.63, 3.8) is 0 Å². The number of ether oxygens (including phenoxy) is 2. The maximum absolute atomic E-state index is 13.0. The second-order valence-electron chi connectivity index (χ2n) is 5.37. The van der Waals surface area contributed by atoms with Gasteiger partial charge in [-0.2, -0.15) is 0 Å². The zero-order valence-electron chi connectivity index (χ0n) is 12.6. The summed E-state index contributed by atoms with van der Waals surface area (Å²) in [7, 11) is 0. The standard InChI is InChI=1S/C15H20ClFN2O3/c1-10(12-4-3-11(17)9-13(12)16)19-14(20)18-6-5-15(2)21-7-8-22-15/h3-4,9-10H,5-8H2,1-2H3,(H2,18,19,20)/t10-/m1/s1. The van der Waals surface area contributed by atoms with Crippen LogP contribution in [0.3, 0.4) is 0 Å². The van der Waals surface area contributed by atoms with Crippen molar-refractivity contribution in [3.05, 3.63) is 34.6 Å². The van der Waals surface area contributed by atoms with E-state index in [-0.39, 0.29) is 17.1 Å². The van der Waals surface area contributed by atoms with Crippen molar-refractivity contribution in [3.8, 4) is 0 Å². The van der Waals surface area contributed by atoms with Crippen molar-refractivity contribution < 1.29 is 18.7 Å². The first-order valence-corrected chi connectivity index (χ1v) is 7.55. The van der Waals surface area contributed by atoms with Crippen LogP contribution in [-0.2, 0) is 9.47 Å². The summed E-state index contributed by atoms with van der Waals surface area (Å²) in [5.41, 5.74) is 0.660. The molecule has 1 fully saturated rings. The minimum absolute atomic E-state index is 0.285. The predicted molar refractivity (Wildman–Crippen MR) is 81.3 cm³/mol. The van der Waals surface area contributed by atoms with Gasteiger partial charge in [0.15, 0.2) is 5.79 Å². The van der Waals surface area contributed by atoms with Crippen LogP contribution in [-0.4, -0.2) is 31.6 Å². The molecule has 1 atom stereocenters. The fourth-order valence-corrected chi connectivity index (χ4v) is 2.61. The summed E-state index contributed by atoms with van der Waals surface area (Å²) in [5.74, 6) is -1.03. The molecule has 0 bridgehead atoms. The van der Waals surface area contributed by atoms with E-state index in [2.05, 4.69) is 10.6 Å². The minimum Gasteiger partial charge on any atom is -0.348 e. The fourth-order valence-electron chi connectivity index (χ4n) is 2.28. The third kappa shape index (κ3) is 4.56. The maximum atomic E-state index is 13.0. The molecule has 2 amide bonds. The normalized spacial score (nSPS) is 18.0.